The maximum atomic E-state index is 13.2. The van der Waals surface area contributed by atoms with Crippen LogP contribution in [0, 0.1) is 5.82 Å². The van der Waals surface area contributed by atoms with Crippen LogP contribution in [0.1, 0.15) is 25.1 Å². The highest BCUT2D eigenvalue weighted by Gasteiger charge is 2.21. The number of guanidine groups is 1. The zero-order chi connectivity index (χ0) is 20.0. The van der Waals surface area contributed by atoms with Crippen LogP contribution in [-0.2, 0) is 12.0 Å². The monoisotopic (exact) mass is 508 g/mol. The topological polar surface area (TPSA) is 62.5 Å². The van der Waals surface area contributed by atoms with Crippen molar-refractivity contribution in [1.29, 1.82) is 0 Å². The number of nitrogens with zero attached hydrogens (tertiary/aromatic N) is 2. The quantitative estimate of drug-likeness (QED) is 0.287. The van der Waals surface area contributed by atoms with E-state index in [1.54, 1.807) is 13.3 Å². The van der Waals surface area contributed by atoms with Crippen molar-refractivity contribution in [3.8, 4) is 11.5 Å². The average Bonchev–Trinajstić information content (AvgIpc) is 3.18. The molecule has 0 saturated heterocycles. The lowest BCUT2D eigenvalue weighted by Crippen LogP contribution is -2.43. The number of nitrogens with one attached hydrogen (secondary N) is 2. The van der Waals surface area contributed by atoms with Crippen molar-refractivity contribution in [1.82, 2.24) is 15.6 Å². The Kier molecular flexibility index (Phi) is 8.19. The summed E-state index contributed by atoms with van der Waals surface area (Å²) in [5.74, 6) is 1.03. The molecule has 7 heteroatoms. The van der Waals surface area contributed by atoms with Crippen LogP contribution in [0.25, 0.3) is 11.5 Å². The summed E-state index contributed by atoms with van der Waals surface area (Å²) in [5.41, 5.74) is 2.61. The van der Waals surface area contributed by atoms with Crippen LogP contribution in [0.5, 0.6) is 0 Å². The van der Waals surface area contributed by atoms with E-state index in [1.165, 1.54) is 12.1 Å². The van der Waals surface area contributed by atoms with E-state index in [0.29, 0.717) is 24.9 Å². The van der Waals surface area contributed by atoms with Crippen molar-refractivity contribution in [2.75, 3.05) is 13.6 Å². The number of aliphatic imine (C=N–C) groups is 1. The first-order chi connectivity index (χ1) is 13.5. The van der Waals surface area contributed by atoms with Gasteiger partial charge in [0.05, 0.1) is 12.2 Å². The van der Waals surface area contributed by atoms with Crippen molar-refractivity contribution >= 4 is 29.9 Å². The third-order valence-electron chi connectivity index (χ3n) is 4.56. The van der Waals surface area contributed by atoms with Crippen LogP contribution in [0.3, 0.4) is 0 Å². The van der Waals surface area contributed by atoms with Gasteiger partial charge in [0.15, 0.2) is 5.96 Å². The second kappa shape index (κ2) is 10.4. The molecule has 154 valence electrons. The van der Waals surface area contributed by atoms with Crippen molar-refractivity contribution < 1.29 is 8.81 Å². The highest BCUT2D eigenvalue weighted by Crippen LogP contribution is 2.22. The zero-order valence-electron chi connectivity index (χ0n) is 16.8. The Morgan fingerprint density at radius 3 is 2.41 bits per heavy atom. The van der Waals surface area contributed by atoms with E-state index in [4.69, 9.17) is 4.42 Å². The number of rotatable bonds is 6. The Bertz CT molecular complexity index is 924. The van der Waals surface area contributed by atoms with Gasteiger partial charge in [-0.1, -0.05) is 44.2 Å². The largest absolute Gasteiger partial charge is 0.444 e. The van der Waals surface area contributed by atoms with Crippen molar-refractivity contribution in [2.45, 2.75) is 25.8 Å². The molecule has 0 aliphatic heterocycles. The van der Waals surface area contributed by atoms with E-state index in [1.807, 2.05) is 42.5 Å². The van der Waals surface area contributed by atoms with Crippen LogP contribution in [0.4, 0.5) is 4.39 Å². The summed E-state index contributed by atoms with van der Waals surface area (Å²) in [7, 11) is 1.72. The first-order valence-corrected chi connectivity index (χ1v) is 9.18. The Labute approximate surface area is 187 Å². The summed E-state index contributed by atoms with van der Waals surface area (Å²) in [6.07, 6.45) is 1.64. The molecule has 0 saturated carbocycles. The maximum absolute atomic E-state index is 13.2. The average molecular weight is 508 g/mol. The molecule has 1 heterocycles. The number of benzene rings is 2. The fourth-order valence-electron chi connectivity index (χ4n) is 2.80. The fourth-order valence-corrected chi connectivity index (χ4v) is 2.80. The molecule has 0 unspecified atom stereocenters. The predicted molar refractivity (Wildman–Crippen MR) is 125 cm³/mol. The minimum absolute atomic E-state index is 0. The van der Waals surface area contributed by atoms with E-state index in [9.17, 15) is 4.39 Å². The molecule has 2 aromatic carbocycles. The minimum atomic E-state index is -0.229. The van der Waals surface area contributed by atoms with Gasteiger partial charge in [-0.2, -0.15) is 0 Å². The molecule has 0 aliphatic carbocycles. The van der Waals surface area contributed by atoms with Gasteiger partial charge in [-0.3, -0.25) is 4.99 Å². The molecule has 0 amide bonds. The number of hydrogen-bond acceptors (Lipinski definition) is 3. The molecular formula is C22H26FIN4O. The molecule has 0 spiro atoms. The third-order valence-corrected chi connectivity index (χ3v) is 4.56. The molecule has 0 aliphatic rings. The van der Waals surface area contributed by atoms with Gasteiger partial charge < -0.3 is 15.1 Å². The van der Waals surface area contributed by atoms with Gasteiger partial charge in [0.2, 0.25) is 5.89 Å². The number of hydrogen-bond donors (Lipinski definition) is 2. The van der Waals surface area contributed by atoms with E-state index in [-0.39, 0.29) is 35.2 Å². The number of halogens is 2. The second-order valence-electron chi connectivity index (χ2n) is 7.18. The van der Waals surface area contributed by atoms with Crippen molar-refractivity contribution in [2.24, 2.45) is 4.99 Å². The number of aromatic nitrogens is 1. The van der Waals surface area contributed by atoms with Gasteiger partial charge in [0.25, 0.3) is 0 Å². The van der Waals surface area contributed by atoms with Crippen LogP contribution in [-0.4, -0.2) is 24.5 Å². The first-order valence-electron chi connectivity index (χ1n) is 9.18. The Hall–Kier alpha value is -2.42. The molecule has 29 heavy (non-hydrogen) atoms. The fraction of sp³-hybridized carbons (Fsp3) is 0.273. The summed E-state index contributed by atoms with van der Waals surface area (Å²) < 4.78 is 18.7. The van der Waals surface area contributed by atoms with Gasteiger partial charge >= 0.3 is 0 Å². The SMILES string of the molecule is CN=C(NCc1coc(-c2ccccc2)n1)NCC(C)(C)c1ccc(F)cc1.I. The summed E-state index contributed by atoms with van der Waals surface area (Å²) in [6, 6.07) is 16.4. The summed E-state index contributed by atoms with van der Waals surface area (Å²) >= 11 is 0. The number of oxazole rings is 1. The molecule has 0 atom stereocenters. The van der Waals surface area contributed by atoms with Gasteiger partial charge in [-0.25, -0.2) is 9.37 Å². The second-order valence-corrected chi connectivity index (χ2v) is 7.18. The Morgan fingerprint density at radius 1 is 1.07 bits per heavy atom. The van der Waals surface area contributed by atoms with E-state index in [2.05, 4.69) is 34.5 Å². The lowest BCUT2D eigenvalue weighted by molar-refractivity contribution is 0.506. The van der Waals surface area contributed by atoms with Gasteiger partial charge in [0, 0.05) is 24.6 Å². The first kappa shape index (κ1) is 22.9. The summed E-state index contributed by atoms with van der Waals surface area (Å²) in [4.78, 5) is 8.76. The molecule has 0 radical (unpaired) electrons. The highest BCUT2D eigenvalue weighted by atomic mass is 127. The van der Waals surface area contributed by atoms with Crippen LogP contribution in [0.2, 0.25) is 0 Å². The lowest BCUT2D eigenvalue weighted by atomic mass is 9.84. The molecule has 2 N–H and O–H groups in total. The van der Waals surface area contributed by atoms with Crippen molar-refractivity contribution in [3.05, 3.63) is 77.9 Å². The maximum Gasteiger partial charge on any atom is 0.226 e. The minimum Gasteiger partial charge on any atom is -0.444 e. The standard InChI is InChI=1S/C22H25FN4O.HI/c1-22(2,17-9-11-18(23)12-10-17)15-26-21(24-3)25-13-19-14-28-20(27-19)16-7-5-4-6-8-16;/h4-12,14H,13,15H2,1-3H3,(H2,24,25,26);1H. The smallest absolute Gasteiger partial charge is 0.226 e. The van der Waals surface area contributed by atoms with E-state index < -0.39 is 0 Å². The van der Waals surface area contributed by atoms with E-state index in [0.717, 1.165) is 16.8 Å². The van der Waals surface area contributed by atoms with Gasteiger partial charge in [0.1, 0.15) is 12.1 Å². The molecule has 0 bridgehead atoms. The normalized spacial score (nSPS) is 11.7. The Morgan fingerprint density at radius 2 is 1.76 bits per heavy atom. The summed E-state index contributed by atoms with van der Waals surface area (Å²) in [6.45, 7) is 5.34. The molecule has 1 aromatic heterocycles. The van der Waals surface area contributed by atoms with Crippen LogP contribution in [0.15, 0.2) is 70.3 Å². The molecule has 0 fully saturated rings. The molecule has 3 rings (SSSR count). The third kappa shape index (κ3) is 6.28. The van der Waals surface area contributed by atoms with Crippen molar-refractivity contribution in [3.63, 3.8) is 0 Å². The van der Waals surface area contributed by atoms with Crippen LogP contribution < -0.4 is 10.6 Å². The van der Waals surface area contributed by atoms with Gasteiger partial charge in [-0.05, 0) is 29.8 Å². The molecule has 3 aromatic rings. The van der Waals surface area contributed by atoms with E-state index >= 15 is 0 Å². The summed E-state index contributed by atoms with van der Waals surface area (Å²) in [5, 5.41) is 6.56. The highest BCUT2D eigenvalue weighted by molar-refractivity contribution is 14.0. The van der Waals surface area contributed by atoms with Gasteiger partial charge in [-0.15, -0.1) is 24.0 Å². The molecular weight excluding hydrogens is 482 g/mol. The molecule has 5 nitrogen and oxygen atoms in total. The Balaban J connectivity index is 0.00000300. The van der Waals surface area contributed by atoms with Crippen LogP contribution >= 0.6 is 24.0 Å². The lowest BCUT2D eigenvalue weighted by Gasteiger charge is -2.26. The zero-order valence-corrected chi connectivity index (χ0v) is 19.1. The predicted octanol–water partition coefficient (Wildman–Crippen LogP) is 4.74.